The van der Waals surface area contributed by atoms with Crippen LogP contribution in [0.2, 0.25) is 5.15 Å². The van der Waals surface area contributed by atoms with Crippen LogP contribution in [-0.2, 0) is 6.61 Å². The van der Waals surface area contributed by atoms with Crippen molar-refractivity contribution in [3.05, 3.63) is 38.7 Å². The second kappa shape index (κ2) is 4.80. The average molecular weight is 255 g/mol. The van der Waals surface area contributed by atoms with Crippen LogP contribution in [0.5, 0.6) is 5.88 Å². The van der Waals surface area contributed by atoms with Gasteiger partial charge in [-0.05, 0) is 30.9 Å². The summed E-state index contributed by atoms with van der Waals surface area (Å²) in [6.45, 7) is 4.36. The molecule has 2 aromatic heterocycles. The molecule has 16 heavy (non-hydrogen) atoms. The molecule has 0 atom stereocenters. The number of halogens is 1. The second-order valence-electron chi connectivity index (χ2n) is 3.41. The van der Waals surface area contributed by atoms with Crippen molar-refractivity contribution in [1.82, 2.24) is 10.2 Å². The van der Waals surface area contributed by atoms with Crippen molar-refractivity contribution in [2.45, 2.75) is 20.5 Å². The van der Waals surface area contributed by atoms with Crippen LogP contribution >= 0.6 is 22.9 Å². The van der Waals surface area contributed by atoms with Gasteiger partial charge in [-0.3, -0.25) is 0 Å². The highest BCUT2D eigenvalue weighted by atomic mass is 35.5. The van der Waals surface area contributed by atoms with Crippen molar-refractivity contribution < 1.29 is 4.74 Å². The summed E-state index contributed by atoms with van der Waals surface area (Å²) in [5, 5.41) is 10.2. The van der Waals surface area contributed by atoms with Gasteiger partial charge in [0, 0.05) is 10.4 Å². The van der Waals surface area contributed by atoms with E-state index in [1.165, 1.54) is 0 Å². The summed E-state index contributed by atoms with van der Waals surface area (Å²) in [6, 6.07) is 4.02. The number of thiophene rings is 1. The Morgan fingerprint density at radius 2 is 2.12 bits per heavy atom. The Hall–Kier alpha value is -1.13. The minimum Gasteiger partial charge on any atom is -0.471 e. The smallest absolute Gasteiger partial charge is 0.237 e. The highest BCUT2D eigenvalue weighted by Gasteiger charge is 2.09. The van der Waals surface area contributed by atoms with Gasteiger partial charge in [-0.25, -0.2) is 0 Å². The average Bonchev–Trinajstić information content (AvgIpc) is 2.78. The van der Waals surface area contributed by atoms with Crippen molar-refractivity contribution in [2.75, 3.05) is 0 Å². The maximum absolute atomic E-state index is 5.86. The maximum Gasteiger partial charge on any atom is 0.237 e. The first-order valence-electron chi connectivity index (χ1n) is 4.83. The molecule has 3 nitrogen and oxygen atoms in total. The van der Waals surface area contributed by atoms with Crippen LogP contribution in [0.1, 0.15) is 16.0 Å². The summed E-state index contributed by atoms with van der Waals surface area (Å²) in [7, 11) is 0. The third-order valence-electron chi connectivity index (χ3n) is 2.35. The van der Waals surface area contributed by atoms with Gasteiger partial charge in [0.15, 0.2) is 5.15 Å². The minimum atomic E-state index is 0.431. The molecule has 0 radical (unpaired) electrons. The Bertz CT molecular complexity index is 485. The van der Waals surface area contributed by atoms with Gasteiger partial charge >= 0.3 is 0 Å². The lowest BCUT2D eigenvalue weighted by molar-refractivity contribution is 0.291. The molecule has 2 aromatic rings. The van der Waals surface area contributed by atoms with E-state index in [4.69, 9.17) is 16.3 Å². The Morgan fingerprint density at radius 1 is 1.31 bits per heavy atom. The minimum absolute atomic E-state index is 0.431. The number of hydrogen-bond acceptors (Lipinski definition) is 4. The molecule has 0 saturated carbocycles. The van der Waals surface area contributed by atoms with Gasteiger partial charge in [-0.2, -0.15) is 0 Å². The molecule has 0 aliphatic carbocycles. The van der Waals surface area contributed by atoms with Crippen LogP contribution < -0.4 is 4.74 Å². The zero-order valence-corrected chi connectivity index (χ0v) is 10.6. The van der Waals surface area contributed by atoms with Gasteiger partial charge in [0.05, 0.1) is 0 Å². The molecular formula is C11H11ClN2OS. The monoisotopic (exact) mass is 254 g/mol. The summed E-state index contributed by atoms with van der Waals surface area (Å²) >= 11 is 7.51. The van der Waals surface area contributed by atoms with Crippen molar-refractivity contribution in [3.63, 3.8) is 0 Å². The summed E-state index contributed by atoms with van der Waals surface area (Å²) in [5.74, 6) is 0.551. The van der Waals surface area contributed by atoms with Crippen LogP contribution in [0.25, 0.3) is 0 Å². The molecule has 2 rings (SSSR count). The van der Waals surface area contributed by atoms with E-state index in [0.29, 0.717) is 17.6 Å². The molecule has 0 aromatic carbocycles. The fourth-order valence-electron chi connectivity index (χ4n) is 1.23. The molecular weight excluding hydrogens is 244 g/mol. The molecule has 0 amide bonds. The topological polar surface area (TPSA) is 35.0 Å². The summed E-state index contributed by atoms with van der Waals surface area (Å²) in [5.41, 5.74) is 1.86. The van der Waals surface area contributed by atoms with Gasteiger partial charge in [0.1, 0.15) is 6.61 Å². The maximum atomic E-state index is 5.86. The van der Waals surface area contributed by atoms with Crippen molar-refractivity contribution in [3.8, 4) is 5.88 Å². The number of ether oxygens (including phenoxy) is 1. The third kappa shape index (κ3) is 2.33. The Balaban J connectivity index is 2.13. The molecule has 0 saturated heterocycles. The lowest BCUT2D eigenvalue weighted by Crippen LogP contribution is -2.01. The fourth-order valence-corrected chi connectivity index (χ4v) is 2.02. The predicted molar refractivity (Wildman–Crippen MR) is 65.2 cm³/mol. The van der Waals surface area contributed by atoms with Gasteiger partial charge in [0.25, 0.3) is 0 Å². The van der Waals surface area contributed by atoms with Crippen molar-refractivity contribution >= 4 is 22.9 Å². The molecule has 0 fully saturated rings. The number of nitrogens with zero attached hydrogens (tertiary/aromatic N) is 2. The van der Waals surface area contributed by atoms with E-state index >= 15 is 0 Å². The molecule has 0 N–H and O–H groups in total. The molecule has 0 aliphatic heterocycles. The zero-order chi connectivity index (χ0) is 11.5. The number of rotatable bonds is 3. The van der Waals surface area contributed by atoms with Crippen LogP contribution in [0.3, 0.4) is 0 Å². The molecule has 0 spiro atoms. The largest absolute Gasteiger partial charge is 0.471 e. The third-order valence-corrected chi connectivity index (χ3v) is 3.56. The van der Waals surface area contributed by atoms with E-state index in [1.54, 1.807) is 11.3 Å². The quantitative estimate of drug-likeness (QED) is 0.842. The molecule has 0 bridgehead atoms. The molecule has 5 heteroatoms. The van der Waals surface area contributed by atoms with E-state index in [0.717, 1.165) is 16.0 Å². The molecule has 0 aliphatic rings. The van der Waals surface area contributed by atoms with Crippen LogP contribution in [-0.4, -0.2) is 10.2 Å². The zero-order valence-electron chi connectivity index (χ0n) is 9.03. The van der Waals surface area contributed by atoms with Crippen LogP contribution in [0.15, 0.2) is 17.5 Å². The standard InChI is InChI=1S/C11H11ClN2OS/c1-7-8(2)11(14-13-10(7)12)15-6-9-4-3-5-16-9/h3-5H,6H2,1-2H3. The first-order valence-corrected chi connectivity index (χ1v) is 6.09. The van der Waals surface area contributed by atoms with E-state index in [1.807, 2.05) is 31.4 Å². The predicted octanol–water partition coefficient (Wildman–Crippen LogP) is 3.39. The molecule has 84 valence electrons. The van der Waals surface area contributed by atoms with Crippen LogP contribution in [0, 0.1) is 13.8 Å². The second-order valence-corrected chi connectivity index (χ2v) is 4.80. The number of aromatic nitrogens is 2. The van der Waals surface area contributed by atoms with Gasteiger partial charge in [-0.15, -0.1) is 21.5 Å². The normalized spacial score (nSPS) is 10.4. The fraction of sp³-hybridized carbons (Fsp3) is 0.273. The Kier molecular flexibility index (Phi) is 3.41. The first-order chi connectivity index (χ1) is 7.68. The lowest BCUT2D eigenvalue weighted by atomic mass is 10.2. The van der Waals surface area contributed by atoms with Gasteiger partial charge in [0.2, 0.25) is 5.88 Å². The summed E-state index contributed by atoms with van der Waals surface area (Å²) < 4.78 is 5.60. The van der Waals surface area contributed by atoms with E-state index in [9.17, 15) is 0 Å². The first kappa shape index (κ1) is 11.4. The van der Waals surface area contributed by atoms with E-state index in [2.05, 4.69) is 10.2 Å². The van der Waals surface area contributed by atoms with Gasteiger partial charge in [-0.1, -0.05) is 17.7 Å². The SMILES string of the molecule is Cc1c(Cl)nnc(OCc2cccs2)c1C. The molecule has 0 unspecified atom stereocenters. The lowest BCUT2D eigenvalue weighted by Gasteiger charge is -2.08. The Labute approximate surface area is 103 Å². The number of hydrogen-bond donors (Lipinski definition) is 0. The van der Waals surface area contributed by atoms with Crippen LogP contribution in [0.4, 0.5) is 0 Å². The summed E-state index contributed by atoms with van der Waals surface area (Å²) in [4.78, 5) is 1.16. The highest BCUT2D eigenvalue weighted by molar-refractivity contribution is 7.09. The molecule has 2 heterocycles. The highest BCUT2D eigenvalue weighted by Crippen LogP contribution is 2.23. The van der Waals surface area contributed by atoms with Crippen molar-refractivity contribution in [1.29, 1.82) is 0 Å². The van der Waals surface area contributed by atoms with E-state index < -0.39 is 0 Å². The van der Waals surface area contributed by atoms with E-state index in [-0.39, 0.29) is 0 Å². The van der Waals surface area contributed by atoms with Gasteiger partial charge < -0.3 is 4.74 Å². The Morgan fingerprint density at radius 3 is 2.81 bits per heavy atom. The van der Waals surface area contributed by atoms with Crippen molar-refractivity contribution in [2.24, 2.45) is 0 Å². The summed E-state index contributed by atoms with van der Waals surface area (Å²) in [6.07, 6.45) is 0.